The van der Waals surface area contributed by atoms with Crippen LogP contribution >= 0.6 is 0 Å². The third-order valence-corrected chi connectivity index (χ3v) is 3.05. The summed E-state index contributed by atoms with van der Waals surface area (Å²) >= 11 is 0. The third-order valence-electron chi connectivity index (χ3n) is 3.05. The number of hydrogen-bond acceptors (Lipinski definition) is 0. The SMILES string of the molecule is C=CC=CC(=C)CC1(F)CCCC(C)C1. The van der Waals surface area contributed by atoms with Gasteiger partial charge < -0.3 is 0 Å². The summed E-state index contributed by atoms with van der Waals surface area (Å²) in [5.74, 6) is 0.514. The predicted octanol–water partition coefficient (Wildman–Crippen LogP) is 4.59. The lowest BCUT2D eigenvalue weighted by molar-refractivity contribution is 0.0815. The summed E-state index contributed by atoms with van der Waals surface area (Å²) in [6.45, 7) is 9.60. The Morgan fingerprint density at radius 1 is 1.60 bits per heavy atom. The van der Waals surface area contributed by atoms with Crippen molar-refractivity contribution in [3.8, 4) is 0 Å². The van der Waals surface area contributed by atoms with Gasteiger partial charge in [0.2, 0.25) is 0 Å². The van der Waals surface area contributed by atoms with E-state index in [9.17, 15) is 4.39 Å². The second kappa shape index (κ2) is 5.29. The van der Waals surface area contributed by atoms with Gasteiger partial charge in [0.1, 0.15) is 5.67 Å². The molecule has 1 fully saturated rings. The summed E-state index contributed by atoms with van der Waals surface area (Å²) in [4.78, 5) is 0. The van der Waals surface area contributed by atoms with Crippen LogP contribution in [0.25, 0.3) is 0 Å². The van der Waals surface area contributed by atoms with Crippen LogP contribution < -0.4 is 0 Å². The molecule has 0 aromatic carbocycles. The van der Waals surface area contributed by atoms with E-state index < -0.39 is 5.67 Å². The van der Waals surface area contributed by atoms with Crippen LogP contribution in [0.5, 0.6) is 0 Å². The topological polar surface area (TPSA) is 0 Å². The van der Waals surface area contributed by atoms with E-state index in [0.717, 1.165) is 12.0 Å². The first-order chi connectivity index (χ1) is 7.06. The Balaban J connectivity index is 2.51. The number of hydrogen-bond donors (Lipinski definition) is 0. The van der Waals surface area contributed by atoms with Gasteiger partial charge in [-0.25, -0.2) is 4.39 Å². The van der Waals surface area contributed by atoms with E-state index in [-0.39, 0.29) is 0 Å². The van der Waals surface area contributed by atoms with E-state index in [4.69, 9.17) is 0 Å². The van der Waals surface area contributed by atoms with E-state index in [2.05, 4.69) is 20.1 Å². The highest BCUT2D eigenvalue weighted by atomic mass is 19.1. The molecule has 15 heavy (non-hydrogen) atoms. The van der Waals surface area contributed by atoms with Crippen LogP contribution in [0.4, 0.5) is 4.39 Å². The number of alkyl halides is 1. The van der Waals surface area contributed by atoms with E-state index in [1.807, 2.05) is 12.2 Å². The minimum absolute atomic E-state index is 0.474. The standard InChI is InChI=1S/C14H21F/c1-4-5-7-12(2)10-14(15)9-6-8-13(3)11-14/h4-5,7,13H,1-2,6,8-11H2,3H3. The van der Waals surface area contributed by atoms with Gasteiger partial charge in [-0.3, -0.25) is 0 Å². The van der Waals surface area contributed by atoms with Gasteiger partial charge in [0.15, 0.2) is 0 Å². The molecule has 0 aromatic rings. The third kappa shape index (κ3) is 4.03. The van der Waals surface area contributed by atoms with Gasteiger partial charge in [-0.1, -0.05) is 50.3 Å². The van der Waals surface area contributed by atoms with Crippen LogP contribution in [-0.2, 0) is 0 Å². The van der Waals surface area contributed by atoms with Crippen LogP contribution in [-0.4, -0.2) is 5.67 Å². The van der Waals surface area contributed by atoms with Crippen LogP contribution in [0.1, 0.15) is 39.0 Å². The van der Waals surface area contributed by atoms with Crippen LogP contribution in [0.3, 0.4) is 0 Å². The van der Waals surface area contributed by atoms with Crippen molar-refractivity contribution in [3.63, 3.8) is 0 Å². The van der Waals surface area contributed by atoms with Gasteiger partial charge in [-0.05, 0) is 25.2 Å². The largest absolute Gasteiger partial charge is 0.244 e. The maximum absolute atomic E-state index is 14.4. The lowest BCUT2D eigenvalue weighted by Gasteiger charge is -2.33. The zero-order valence-corrected chi connectivity index (χ0v) is 9.64. The zero-order valence-electron chi connectivity index (χ0n) is 9.64. The quantitative estimate of drug-likeness (QED) is 0.593. The highest BCUT2D eigenvalue weighted by Gasteiger charge is 2.34. The van der Waals surface area contributed by atoms with Crippen molar-refractivity contribution in [1.82, 2.24) is 0 Å². The summed E-state index contributed by atoms with van der Waals surface area (Å²) in [6, 6.07) is 0. The molecule has 0 radical (unpaired) electrons. The maximum Gasteiger partial charge on any atom is 0.115 e. The fourth-order valence-electron chi connectivity index (χ4n) is 2.43. The summed E-state index contributed by atoms with van der Waals surface area (Å²) < 4.78 is 14.4. The number of halogens is 1. The molecule has 0 amide bonds. The van der Waals surface area contributed by atoms with E-state index in [1.165, 1.54) is 6.42 Å². The lowest BCUT2D eigenvalue weighted by Crippen LogP contribution is -2.30. The molecule has 0 saturated heterocycles. The Morgan fingerprint density at radius 3 is 2.93 bits per heavy atom. The van der Waals surface area contributed by atoms with Gasteiger partial charge in [-0.15, -0.1) is 0 Å². The Bertz CT molecular complexity index is 265. The minimum Gasteiger partial charge on any atom is -0.244 e. The molecule has 0 heterocycles. The predicted molar refractivity (Wildman–Crippen MR) is 64.6 cm³/mol. The molecule has 2 atom stereocenters. The van der Waals surface area contributed by atoms with E-state index >= 15 is 0 Å². The molecule has 84 valence electrons. The molecule has 2 unspecified atom stereocenters. The molecule has 1 aliphatic rings. The second-order valence-electron chi connectivity index (χ2n) is 4.78. The average Bonchev–Trinajstić information content (AvgIpc) is 2.13. The van der Waals surface area contributed by atoms with Crippen molar-refractivity contribution >= 4 is 0 Å². The molecule has 0 bridgehead atoms. The number of rotatable bonds is 4. The fourth-order valence-corrected chi connectivity index (χ4v) is 2.43. The molecule has 1 aliphatic carbocycles. The first-order valence-electron chi connectivity index (χ1n) is 5.71. The first-order valence-corrected chi connectivity index (χ1v) is 5.71. The Hall–Kier alpha value is -0.850. The maximum atomic E-state index is 14.4. The van der Waals surface area contributed by atoms with Crippen molar-refractivity contribution in [3.05, 3.63) is 37.0 Å². The Labute approximate surface area is 92.6 Å². The summed E-state index contributed by atoms with van der Waals surface area (Å²) in [7, 11) is 0. The van der Waals surface area contributed by atoms with Crippen molar-refractivity contribution in [2.75, 3.05) is 0 Å². The molecule has 0 aliphatic heterocycles. The van der Waals surface area contributed by atoms with Crippen LogP contribution in [0.2, 0.25) is 0 Å². The molecule has 0 spiro atoms. The average molecular weight is 208 g/mol. The molecule has 1 heteroatoms. The van der Waals surface area contributed by atoms with Gasteiger partial charge in [0.25, 0.3) is 0 Å². The number of allylic oxidation sites excluding steroid dienone is 4. The fraction of sp³-hybridized carbons (Fsp3) is 0.571. The minimum atomic E-state index is -1.01. The summed E-state index contributed by atoms with van der Waals surface area (Å²) in [6.07, 6.45) is 9.40. The highest BCUT2D eigenvalue weighted by Crippen LogP contribution is 2.39. The van der Waals surface area contributed by atoms with Crippen LogP contribution in [0, 0.1) is 5.92 Å². The van der Waals surface area contributed by atoms with E-state index in [0.29, 0.717) is 25.2 Å². The summed E-state index contributed by atoms with van der Waals surface area (Å²) in [5.41, 5.74) is -0.147. The molecule has 1 saturated carbocycles. The van der Waals surface area contributed by atoms with Crippen LogP contribution in [0.15, 0.2) is 37.0 Å². The Morgan fingerprint density at radius 2 is 2.33 bits per heavy atom. The normalized spacial score (nSPS) is 31.7. The first kappa shape index (κ1) is 12.2. The smallest absolute Gasteiger partial charge is 0.115 e. The Kier molecular flexibility index (Phi) is 4.31. The van der Waals surface area contributed by atoms with Crippen molar-refractivity contribution in [2.24, 2.45) is 5.92 Å². The van der Waals surface area contributed by atoms with E-state index in [1.54, 1.807) is 6.08 Å². The van der Waals surface area contributed by atoms with Crippen molar-refractivity contribution in [1.29, 1.82) is 0 Å². The molecular formula is C14H21F. The highest BCUT2D eigenvalue weighted by molar-refractivity contribution is 5.20. The van der Waals surface area contributed by atoms with Gasteiger partial charge >= 0.3 is 0 Å². The molecular weight excluding hydrogens is 187 g/mol. The zero-order chi connectivity index (χ0) is 11.3. The molecule has 0 N–H and O–H groups in total. The molecule has 0 aromatic heterocycles. The lowest BCUT2D eigenvalue weighted by atomic mass is 9.77. The molecule has 0 nitrogen and oxygen atoms in total. The van der Waals surface area contributed by atoms with Gasteiger partial charge in [-0.2, -0.15) is 0 Å². The molecule has 1 rings (SSSR count). The van der Waals surface area contributed by atoms with Crippen molar-refractivity contribution in [2.45, 2.75) is 44.7 Å². The van der Waals surface area contributed by atoms with Gasteiger partial charge in [0.05, 0.1) is 0 Å². The second-order valence-corrected chi connectivity index (χ2v) is 4.78. The van der Waals surface area contributed by atoms with Crippen molar-refractivity contribution < 1.29 is 4.39 Å². The monoisotopic (exact) mass is 208 g/mol. The van der Waals surface area contributed by atoms with Gasteiger partial charge in [0, 0.05) is 6.42 Å². The summed E-state index contributed by atoms with van der Waals surface area (Å²) in [5, 5.41) is 0.